The summed E-state index contributed by atoms with van der Waals surface area (Å²) in [5.41, 5.74) is 1.74. The van der Waals surface area contributed by atoms with E-state index in [2.05, 4.69) is 30.9 Å². The predicted molar refractivity (Wildman–Crippen MR) is 83.3 cm³/mol. The van der Waals surface area contributed by atoms with Crippen LogP contribution < -0.4 is 0 Å². The summed E-state index contributed by atoms with van der Waals surface area (Å²) in [5, 5.41) is 0.748. The van der Waals surface area contributed by atoms with Crippen LogP contribution >= 0.6 is 15.9 Å². The Morgan fingerprint density at radius 3 is 2.86 bits per heavy atom. The van der Waals surface area contributed by atoms with Crippen molar-refractivity contribution in [2.24, 2.45) is 0 Å². The number of fused-ring (bicyclic) bond motifs is 1. The fourth-order valence-corrected chi connectivity index (χ4v) is 2.57. The van der Waals surface area contributed by atoms with Crippen LogP contribution in [0.4, 0.5) is 0 Å². The highest BCUT2D eigenvalue weighted by molar-refractivity contribution is 9.10. The number of carbonyl (C=O) groups is 1. The molecule has 0 aromatic carbocycles. The van der Waals surface area contributed by atoms with Crippen molar-refractivity contribution < 1.29 is 4.79 Å². The molecule has 0 aliphatic heterocycles. The summed E-state index contributed by atoms with van der Waals surface area (Å²) in [6, 6.07) is 3.71. The molecule has 0 unspecified atom stereocenters. The maximum atomic E-state index is 12.7. The van der Waals surface area contributed by atoms with Crippen molar-refractivity contribution in [2.45, 2.75) is 19.9 Å². The van der Waals surface area contributed by atoms with E-state index >= 15 is 0 Å². The van der Waals surface area contributed by atoms with E-state index in [1.807, 2.05) is 24.6 Å². The highest BCUT2D eigenvalue weighted by Gasteiger charge is 2.19. The fourth-order valence-electron chi connectivity index (χ4n) is 2.23. The Morgan fingerprint density at radius 2 is 2.14 bits per heavy atom. The van der Waals surface area contributed by atoms with Crippen molar-refractivity contribution in [3.05, 3.63) is 52.8 Å². The van der Waals surface area contributed by atoms with Gasteiger partial charge >= 0.3 is 0 Å². The minimum absolute atomic E-state index is 0.129. The molecule has 21 heavy (non-hydrogen) atoms. The van der Waals surface area contributed by atoms with Crippen LogP contribution in [0.1, 0.15) is 35.9 Å². The monoisotopic (exact) mass is 344 g/mol. The topological polar surface area (TPSA) is 60.7 Å². The second-order valence-electron chi connectivity index (χ2n) is 4.99. The molecule has 0 atom stereocenters. The molecular formula is C15H13BrN4O. The SMILES string of the molecule is CC(C)n1cc(C(=O)c2cc(Br)ccn2)c2cncnc21. The molecule has 3 heterocycles. The van der Waals surface area contributed by atoms with Gasteiger partial charge in [0.05, 0.1) is 5.56 Å². The standard InChI is InChI=1S/C15H13BrN4O/c1-9(2)20-7-12(11-6-17-8-19-15(11)20)14(21)13-5-10(16)3-4-18-13/h3-9H,1-2H3. The number of rotatable bonds is 3. The van der Waals surface area contributed by atoms with Crippen molar-refractivity contribution in [2.75, 3.05) is 0 Å². The zero-order valence-corrected chi connectivity index (χ0v) is 13.2. The Bertz CT molecular complexity index is 825. The van der Waals surface area contributed by atoms with Gasteiger partial charge in [0, 0.05) is 34.5 Å². The quantitative estimate of drug-likeness (QED) is 0.683. The smallest absolute Gasteiger partial charge is 0.213 e. The van der Waals surface area contributed by atoms with Gasteiger partial charge in [0.1, 0.15) is 17.7 Å². The van der Waals surface area contributed by atoms with E-state index in [1.54, 1.807) is 24.5 Å². The van der Waals surface area contributed by atoms with Gasteiger partial charge in [-0.1, -0.05) is 15.9 Å². The molecule has 5 nitrogen and oxygen atoms in total. The Morgan fingerprint density at radius 1 is 1.33 bits per heavy atom. The molecule has 0 aliphatic rings. The number of halogens is 1. The Labute approximate surface area is 130 Å². The highest BCUT2D eigenvalue weighted by Crippen LogP contribution is 2.24. The van der Waals surface area contributed by atoms with Crippen LogP contribution in [0.2, 0.25) is 0 Å². The summed E-state index contributed by atoms with van der Waals surface area (Å²) in [5.74, 6) is -0.129. The van der Waals surface area contributed by atoms with Crippen LogP contribution in [0.15, 0.2) is 41.5 Å². The Balaban J connectivity index is 2.19. The zero-order valence-electron chi connectivity index (χ0n) is 11.6. The van der Waals surface area contributed by atoms with E-state index < -0.39 is 0 Å². The van der Waals surface area contributed by atoms with Gasteiger partial charge in [0.15, 0.2) is 0 Å². The molecule has 0 aliphatic carbocycles. The van der Waals surface area contributed by atoms with Crippen molar-refractivity contribution in [3.8, 4) is 0 Å². The van der Waals surface area contributed by atoms with Gasteiger partial charge in [-0.15, -0.1) is 0 Å². The maximum Gasteiger partial charge on any atom is 0.213 e. The van der Waals surface area contributed by atoms with Gasteiger partial charge in [-0.2, -0.15) is 0 Å². The molecule has 0 fully saturated rings. The average Bonchev–Trinajstić information content (AvgIpc) is 2.86. The second kappa shape index (κ2) is 5.37. The van der Waals surface area contributed by atoms with E-state index in [9.17, 15) is 4.79 Å². The molecule has 0 radical (unpaired) electrons. The third kappa shape index (κ3) is 2.47. The summed E-state index contributed by atoms with van der Waals surface area (Å²) in [6.45, 7) is 4.10. The van der Waals surface area contributed by atoms with Crippen LogP contribution in [-0.2, 0) is 0 Å². The first-order valence-electron chi connectivity index (χ1n) is 6.54. The van der Waals surface area contributed by atoms with Crippen molar-refractivity contribution in [1.29, 1.82) is 0 Å². The largest absolute Gasteiger partial charge is 0.329 e. The molecule has 0 saturated carbocycles. The summed E-state index contributed by atoms with van der Waals surface area (Å²) < 4.78 is 2.80. The molecule has 3 aromatic heterocycles. The van der Waals surface area contributed by atoms with Gasteiger partial charge in [-0.3, -0.25) is 9.78 Å². The minimum Gasteiger partial charge on any atom is -0.329 e. The first-order chi connectivity index (χ1) is 10.1. The minimum atomic E-state index is -0.129. The number of hydrogen-bond acceptors (Lipinski definition) is 4. The van der Waals surface area contributed by atoms with E-state index in [0.29, 0.717) is 11.3 Å². The fraction of sp³-hybridized carbons (Fsp3) is 0.200. The van der Waals surface area contributed by atoms with Crippen LogP contribution in [0.5, 0.6) is 0 Å². The summed E-state index contributed by atoms with van der Waals surface area (Å²) in [6.07, 6.45) is 6.60. The van der Waals surface area contributed by atoms with Gasteiger partial charge in [0.2, 0.25) is 5.78 Å². The third-order valence-electron chi connectivity index (χ3n) is 3.25. The summed E-state index contributed by atoms with van der Waals surface area (Å²) in [7, 11) is 0. The lowest BCUT2D eigenvalue weighted by atomic mass is 10.1. The average molecular weight is 345 g/mol. The second-order valence-corrected chi connectivity index (χ2v) is 5.91. The van der Waals surface area contributed by atoms with Gasteiger partial charge in [-0.05, 0) is 26.0 Å². The number of ketones is 1. The van der Waals surface area contributed by atoms with Gasteiger partial charge < -0.3 is 4.57 Å². The van der Waals surface area contributed by atoms with E-state index in [4.69, 9.17) is 0 Å². The first-order valence-corrected chi connectivity index (χ1v) is 7.34. The van der Waals surface area contributed by atoms with Crippen LogP contribution in [-0.4, -0.2) is 25.3 Å². The molecule has 0 saturated heterocycles. The van der Waals surface area contributed by atoms with Crippen LogP contribution in [0.25, 0.3) is 11.0 Å². The van der Waals surface area contributed by atoms with Crippen molar-refractivity contribution >= 4 is 32.7 Å². The first kappa shape index (κ1) is 13.9. The third-order valence-corrected chi connectivity index (χ3v) is 3.74. The molecule has 0 spiro atoms. The predicted octanol–water partition coefficient (Wildman–Crippen LogP) is 3.40. The van der Waals surface area contributed by atoms with Crippen molar-refractivity contribution in [1.82, 2.24) is 19.5 Å². The lowest BCUT2D eigenvalue weighted by Gasteiger charge is -2.07. The molecule has 6 heteroatoms. The molecule has 0 N–H and O–H groups in total. The highest BCUT2D eigenvalue weighted by atomic mass is 79.9. The molecule has 106 valence electrons. The number of pyridine rings is 1. The van der Waals surface area contributed by atoms with E-state index in [-0.39, 0.29) is 11.8 Å². The summed E-state index contributed by atoms with van der Waals surface area (Å²) >= 11 is 3.36. The molecule has 0 bridgehead atoms. The molecular weight excluding hydrogens is 332 g/mol. The van der Waals surface area contributed by atoms with Crippen LogP contribution in [0, 0.1) is 0 Å². The molecule has 0 amide bonds. The van der Waals surface area contributed by atoms with Gasteiger partial charge in [0.25, 0.3) is 0 Å². The number of carbonyl (C=O) groups excluding carboxylic acids is 1. The number of nitrogens with zero attached hydrogens (tertiary/aromatic N) is 4. The summed E-state index contributed by atoms with van der Waals surface area (Å²) in [4.78, 5) is 25.2. The van der Waals surface area contributed by atoms with E-state index in [1.165, 1.54) is 6.33 Å². The molecule has 3 rings (SSSR count). The van der Waals surface area contributed by atoms with Crippen molar-refractivity contribution in [3.63, 3.8) is 0 Å². The van der Waals surface area contributed by atoms with E-state index in [0.717, 1.165) is 15.5 Å². The lowest BCUT2D eigenvalue weighted by Crippen LogP contribution is -2.04. The van der Waals surface area contributed by atoms with Crippen LogP contribution in [0.3, 0.4) is 0 Å². The number of aromatic nitrogens is 4. The molecule has 3 aromatic rings. The normalized spacial score (nSPS) is 11.2. The maximum absolute atomic E-state index is 12.7. The number of hydrogen-bond donors (Lipinski definition) is 0. The lowest BCUT2D eigenvalue weighted by molar-refractivity contribution is 0.103. The Kier molecular flexibility index (Phi) is 3.55. The Hall–Kier alpha value is -2.08. The van der Waals surface area contributed by atoms with Gasteiger partial charge in [-0.25, -0.2) is 9.97 Å². The zero-order chi connectivity index (χ0) is 15.0.